The number of anilines is 1. The lowest BCUT2D eigenvalue weighted by Gasteiger charge is -2.32. The molecule has 1 N–H and O–H groups in total. The van der Waals surface area contributed by atoms with E-state index in [1.165, 1.54) is 0 Å². The highest BCUT2D eigenvalue weighted by Crippen LogP contribution is 2.22. The van der Waals surface area contributed by atoms with Gasteiger partial charge in [-0.15, -0.1) is 0 Å². The first-order valence-corrected chi connectivity index (χ1v) is 5.58. The molecule has 18 heavy (non-hydrogen) atoms. The largest absolute Gasteiger partial charge is 0.343 e. The van der Waals surface area contributed by atoms with Crippen molar-refractivity contribution in [3.8, 4) is 0 Å². The minimum atomic E-state index is -0.854. The van der Waals surface area contributed by atoms with E-state index in [4.69, 9.17) is 0 Å². The molecule has 1 aliphatic heterocycles. The average molecular weight is 254 g/mol. The highest BCUT2D eigenvalue weighted by Gasteiger charge is 2.33. The predicted octanol–water partition coefficient (Wildman–Crippen LogP) is 1.21. The minimum absolute atomic E-state index is 0.0744. The summed E-state index contributed by atoms with van der Waals surface area (Å²) in [6, 6.07) is 2.25. The molecule has 96 valence electrons. The molecule has 0 radical (unpaired) electrons. The van der Waals surface area contributed by atoms with Gasteiger partial charge in [-0.3, -0.25) is 14.5 Å². The zero-order valence-corrected chi connectivity index (χ0v) is 9.74. The smallest absolute Gasteiger partial charge is 0.250 e. The predicted molar refractivity (Wildman–Crippen MR) is 60.9 cm³/mol. The molecule has 1 saturated heterocycles. The van der Waals surface area contributed by atoms with Gasteiger partial charge in [0.1, 0.15) is 24.2 Å². The summed E-state index contributed by atoms with van der Waals surface area (Å²) >= 11 is 0. The van der Waals surface area contributed by atoms with Crippen LogP contribution in [0.1, 0.15) is 13.3 Å². The Morgan fingerprint density at radius 3 is 2.72 bits per heavy atom. The zero-order chi connectivity index (χ0) is 13.3. The van der Waals surface area contributed by atoms with Crippen molar-refractivity contribution in [2.24, 2.45) is 0 Å². The van der Waals surface area contributed by atoms with E-state index in [9.17, 15) is 18.4 Å². The van der Waals surface area contributed by atoms with Crippen molar-refractivity contribution in [3.05, 3.63) is 29.8 Å². The fourth-order valence-corrected chi connectivity index (χ4v) is 1.89. The van der Waals surface area contributed by atoms with Gasteiger partial charge in [-0.2, -0.15) is 0 Å². The quantitative estimate of drug-likeness (QED) is 0.862. The van der Waals surface area contributed by atoms with Crippen molar-refractivity contribution < 1.29 is 18.4 Å². The van der Waals surface area contributed by atoms with Gasteiger partial charge in [-0.25, -0.2) is 8.78 Å². The van der Waals surface area contributed by atoms with Crippen LogP contribution in [0, 0.1) is 11.6 Å². The second kappa shape index (κ2) is 4.72. The standard InChI is InChI=1S/C12H12F2N2O2/c1-2-9-12(18)16(6-11(17)15-9)10-4-3-7(13)5-8(10)14/h3-5,9H,2,6H2,1H3,(H,15,17). The van der Waals surface area contributed by atoms with Crippen LogP contribution >= 0.6 is 0 Å². The Kier molecular flexibility index (Phi) is 3.27. The minimum Gasteiger partial charge on any atom is -0.343 e. The molecule has 1 fully saturated rings. The number of benzene rings is 1. The first-order valence-electron chi connectivity index (χ1n) is 5.58. The second-order valence-electron chi connectivity index (χ2n) is 4.05. The number of rotatable bonds is 2. The Labute approximate surface area is 103 Å². The van der Waals surface area contributed by atoms with Crippen LogP contribution in [-0.2, 0) is 9.59 Å². The molecule has 1 aromatic rings. The normalized spacial score (nSPS) is 19.9. The van der Waals surface area contributed by atoms with Gasteiger partial charge >= 0.3 is 0 Å². The third-order valence-corrected chi connectivity index (χ3v) is 2.81. The van der Waals surface area contributed by atoms with Crippen LogP contribution in [0.4, 0.5) is 14.5 Å². The van der Waals surface area contributed by atoms with Crippen molar-refractivity contribution in [2.45, 2.75) is 19.4 Å². The molecule has 4 nitrogen and oxygen atoms in total. The molecular weight excluding hydrogens is 242 g/mol. The van der Waals surface area contributed by atoms with Crippen molar-refractivity contribution in [2.75, 3.05) is 11.4 Å². The fraction of sp³-hybridized carbons (Fsp3) is 0.333. The summed E-state index contributed by atoms with van der Waals surface area (Å²) in [4.78, 5) is 24.5. The van der Waals surface area contributed by atoms with Crippen molar-refractivity contribution in [3.63, 3.8) is 0 Å². The summed E-state index contributed by atoms with van der Waals surface area (Å²) in [5, 5.41) is 2.52. The van der Waals surface area contributed by atoms with Gasteiger partial charge < -0.3 is 5.32 Å². The summed E-state index contributed by atoms with van der Waals surface area (Å²) in [6.07, 6.45) is 0.421. The second-order valence-corrected chi connectivity index (χ2v) is 4.05. The molecule has 1 heterocycles. The number of halogens is 2. The SMILES string of the molecule is CCC1NC(=O)CN(c2ccc(F)cc2F)C1=O. The molecule has 6 heteroatoms. The van der Waals surface area contributed by atoms with Crippen LogP contribution in [0.5, 0.6) is 0 Å². The lowest BCUT2D eigenvalue weighted by Crippen LogP contribution is -2.58. The molecular formula is C12H12F2N2O2. The lowest BCUT2D eigenvalue weighted by molar-refractivity contribution is -0.131. The number of hydrogen-bond donors (Lipinski definition) is 1. The number of piperazine rings is 1. The van der Waals surface area contributed by atoms with Gasteiger partial charge in [0, 0.05) is 6.07 Å². The summed E-state index contributed by atoms with van der Waals surface area (Å²) in [6.45, 7) is 1.49. The van der Waals surface area contributed by atoms with E-state index in [0.29, 0.717) is 12.5 Å². The van der Waals surface area contributed by atoms with Crippen molar-refractivity contribution in [1.29, 1.82) is 0 Å². The Morgan fingerprint density at radius 2 is 2.11 bits per heavy atom. The van der Waals surface area contributed by atoms with E-state index >= 15 is 0 Å². The van der Waals surface area contributed by atoms with Crippen LogP contribution in [-0.4, -0.2) is 24.4 Å². The van der Waals surface area contributed by atoms with Gasteiger partial charge in [-0.1, -0.05) is 6.92 Å². The molecule has 2 rings (SSSR count). The Bertz CT molecular complexity index is 505. The molecule has 1 unspecified atom stereocenters. The van der Waals surface area contributed by atoms with Gasteiger partial charge in [0.25, 0.3) is 0 Å². The van der Waals surface area contributed by atoms with Gasteiger partial charge in [0.05, 0.1) is 5.69 Å². The fourth-order valence-electron chi connectivity index (χ4n) is 1.89. The lowest BCUT2D eigenvalue weighted by atomic mass is 10.1. The number of amides is 2. The Balaban J connectivity index is 2.36. The summed E-state index contributed by atoms with van der Waals surface area (Å²) in [7, 11) is 0. The molecule has 1 aliphatic rings. The maximum absolute atomic E-state index is 13.6. The first-order chi connectivity index (χ1) is 8.52. The molecule has 0 saturated carbocycles. The maximum atomic E-state index is 13.6. The molecule has 1 atom stereocenters. The number of hydrogen-bond acceptors (Lipinski definition) is 2. The van der Waals surface area contributed by atoms with Crippen LogP contribution in [0.2, 0.25) is 0 Å². The zero-order valence-electron chi connectivity index (χ0n) is 9.74. The maximum Gasteiger partial charge on any atom is 0.250 e. The van der Waals surface area contributed by atoms with Crippen LogP contribution in [0.3, 0.4) is 0 Å². The summed E-state index contributed by atoms with van der Waals surface area (Å²) < 4.78 is 26.4. The molecule has 0 aromatic heterocycles. The van der Waals surface area contributed by atoms with E-state index in [1.54, 1.807) is 6.92 Å². The summed E-state index contributed by atoms with van der Waals surface area (Å²) in [5.74, 6) is -2.32. The van der Waals surface area contributed by atoms with Gasteiger partial charge in [0.2, 0.25) is 11.8 Å². The Hall–Kier alpha value is -1.98. The monoisotopic (exact) mass is 254 g/mol. The first kappa shape index (κ1) is 12.5. The number of nitrogens with one attached hydrogen (secondary N) is 1. The molecule has 0 aliphatic carbocycles. The number of carbonyl (C=O) groups excluding carboxylic acids is 2. The third-order valence-electron chi connectivity index (χ3n) is 2.81. The van der Waals surface area contributed by atoms with E-state index < -0.39 is 17.7 Å². The van der Waals surface area contributed by atoms with E-state index in [1.807, 2.05) is 0 Å². The van der Waals surface area contributed by atoms with E-state index in [-0.39, 0.29) is 24.0 Å². The average Bonchev–Trinajstić information content (AvgIpc) is 2.32. The Morgan fingerprint density at radius 1 is 1.39 bits per heavy atom. The number of nitrogens with zero attached hydrogens (tertiary/aromatic N) is 1. The highest BCUT2D eigenvalue weighted by molar-refractivity contribution is 6.06. The number of carbonyl (C=O) groups is 2. The summed E-state index contributed by atoms with van der Waals surface area (Å²) in [5.41, 5.74) is -0.0744. The van der Waals surface area contributed by atoms with Crippen molar-refractivity contribution in [1.82, 2.24) is 5.32 Å². The molecule has 0 bridgehead atoms. The molecule has 1 aromatic carbocycles. The molecule has 2 amide bonds. The van der Waals surface area contributed by atoms with Crippen LogP contribution in [0.25, 0.3) is 0 Å². The topological polar surface area (TPSA) is 49.4 Å². The highest BCUT2D eigenvalue weighted by atomic mass is 19.1. The van der Waals surface area contributed by atoms with Gasteiger partial charge in [-0.05, 0) is 18.6 Å². The van der Waals surface area contributed by atoms with Gasteiger partial charge in [0.15, 0.2) is 0 Å². The van der Waals surface area contributed by atoms with Crippen LogP contribution < -0.4 is 10.2 Å². The van der Waals surface area contributed by atoms with Crippen LogP contribution in [0.15, 0.2) is 18.2 Å². The molecule has 0 spiro atoms. The van der Waals surface area contributed by atoms with E-state index in [2.05, 4.69) is 5.32 Å². The van der Waals surface area contributed by atoms with Crippen molar-refractivity contribution >= 4 is 17.5 Å². The van der Waals surface area contributed by atoms with E-state index in [0.717, 1.165) is 17.0 Å². The third kappa shape index (κ3) is 2.18.